The predicted octanol–water partition coefficient (Wildman–Crippen LogP) is 1.64. The Bertz CT molecular complexity index is 325. The third-order valence-corrected chi connectivity index (χ3v) is 3.46. The van der Waals surface area contributed by atoms with Gasteiger partial charge in [0.15, 0.2) is 0 Å². The summed E-state index contributed by atoms with van der Waals surface area (Å²) in [6.45, 7) is 8.76. The van der Waals surface area contributed by atoms with Crippen LogP contribution >= 0.6 is 11.3 Å². The lowest BCUT2D eigenvalue weighted by Crippen LogP contribution is -2.52. The van der Waals surface area contributed by atoms with Crippen molar-refractivity contribution in [3.63, 3.8) is 0 Å². The number of hydrogen-bond donors (Lipinski definition) is 2. The number of thiazole rings is 1. The Kier molecular flexibility index (Phi) is 4.86. The van der Waals surface area contributed by atoms with Crippen LogP contribution in [-0.4, -0.2) is 23.2 Å². The topological polar surface area (TPSA) is 60.2 Å². The summed E-state index contributed by atoms with van der Waals surface area (Å²) in [7, 11) is 0. The second-order valence-electron chi connectivity index (χ2n) is 4.32. The third-order valence-electron chi connectivity index (χ3n) is 2.64. The highest BCUT2D eigenvalue weighted by Crippen LogP contribution is 2.19. The Morgan fingerprint density at radius 1 is 1.62 bits per heavy atom. The van der Waals surface area contributed by atoms with Gasteiger partial charge in [0, 0.05) is 18.4 Å². The largest absolute Gasteiger partial charge is 0.374 e. The molecule has 0 aliphatic heterocycles. The van der Waals surface area contributed by atoms with Crippen molar-refractivity contribution in [2.24, 2.45) is 5.84 Å². The molecule has 92 valence electrons. The van der Waals surface area contributed by atoms with Crippen molar-refractivity contribution in [1.82, 2.24) is 10.4 Å². The molecule has 0 spiro atoms. The SMILES string of the molecule is CCOC(C)(C)C(Cc1csc(C)n1)NN. The lowest BCUT2D eigenvalue weighted by molar-refractivity contribution is -0.0382. The fourth-order valence-electron chi connectivity index (χ4n) is 1.69. The number of ether oxygens (including phenoxy) is 1. The van der Waals surface area contributed by atoms with Crippen molar-refractivity contribution >= 4 is 11.3 Å². The van der Waals surface area contributed by atoms with Crippen LogP contribution in [0.5, 0.6) is 0 Å². The molecule has 3 N–H and O–H groups in total. The molecule has 16 heavy (non-hydrogen) atoms. The monoisotopic (exact) mass is 243 g/mol. The zero-order valence-corrected chi connectivity index (χ0v) is 11.2. The van der Waals surface area contributed by atoms with E-state index < -0.39 is 0 Å². The van der Waals surface area contributed by atoms with Gasteiger partial charge in [-0.1, -0.05) is 0 Å². The number of rotatable bonds is 6. The highest BCUT2D eigenvalue weighted by atomic mass is 32.1. The van der Waals surface area contributed by atoms with Gasteiger partial charge in [-0.2, -0.15) is 0 Å². The minimum Gasteiger partial charge on any atom is -0.374 e. The van der Waals surface area contributed by atoms with Crippen LogP contribution in [0.15, 0.2) is 5.38 Å². The van der Waals surface area contributed by atoms with Crippen LogP contribution in [0.4, 0.5) is 0 Å². The number of nitrogens with zero attached hydrogens (tertiary/aromatic N) is 1. The average Bonchev–Trinajstić information content (AvgIpc) is 2.60. The van der Waals surface area contributed by atoms with Gasteiger partial charge in [0.1, 0.15) is 0 Å². The van der Waals surface area contributed by atoms with Crippen LogP contribution in [0.1, 0.15) is 31.5 Å². The molecule has 1 aromatic rings. The molecule has 4 nitrogen and oxygen atoms in total. The molecule has 0 aliphatic carbocycles. The Balaban J connectivity index is 2.68. The lowest BCUT2D eigenvalue weighted by Gasteiger charge is -2.33. The van der Waals surface area contributed by atoms with Crippen molar-refractivity contribution in [1.29, 1.82) is 0 Å². The Hall–Kier alpha value is -0.490. The second-order valence-corrected chi connectivity index (χ2v) is 5.38. The van der Waals surface area contributed by atoms with Gasteiger partial charge < -0.3 is 4.74 Å². The first-order chi connectivity index (χ1) is 7.49. The molecule has 1 atom stereocenters. The van der Waals surface area contributed by atoms with Gasteiger partial charge in [-0.05, 0) is 27.7 Å². The van der Waals surface area contributed by atoms with Crippen LogP contribution in [-0.2, 0) is 11.2 Å². The van der Waals surface area contributed by atoms with E-state index in [1.54, 1.807) is 11.3 Å². The van der Waals surface area contributed by atoms with Crippen molar-refractivity contribution in [3.8, 4) is 0 Å². The molecular formula is C11H21N3OS. The molecular weight excluding hydrogens is 222 g/mol. The maximum absolute atomic E-state index is 5.69. The molecule has 1 heterocycles. The zero-order valence-electron chi connectivity index (χ0n) is 10.4. The van der Waals surface area contributed by atoms with Crippen LogP contribution in [0.3, 0.4) is 0 Å². The standard InChI is InChI=1S/C11H21N3OS/c1-5-15-11(3,4)10(14-12)6-9-7-16-8(2)13-9/h7,10,14H,5-6,12H2,1-4H3. The van der Waals surface area contributed by atoms with Gasteiger partial charge in [-0.3, -0.25) is 11.3 Å². The van der Waals surface area contributed by atoms with Gasteiger partial charge in [0.25, 0.3) is 0 Å². The molecule has 0 saturated carbocycles. The van der Waals surface area contributed by atoms with E-state index in [0.717, 1.165) is 17.1 Å². The van der Waals surface area contributed by atoms with E-state index in [2.05, 4.69) is 15.8 Å². The van der Waals surface area contributed by atoms with Crippen molar-refractivity contribution < 1.29 is 4.74 Å². The molecule has 0 aliphatic rings. The van der Waals surface area contributed by atoms with E-state index in [4.69, 9.17) is 10.6 Å². The summed E-state index contributed by atoms with van der Waals surface area (Å²) < 4.78 is 5.69. The first-order valence-electron chi connectivity index (χ1n) is 5.50. The smallest absolute Gasteiger partial charge is 0.0897 e. The molecule has 0 aromatic carbocycles. The number of aryl methyl sites for hydroxylation is 1. The van der Waals surface area contributed by atoms with E-state index >= 15 is 0 Å². The highest BCUT2D eigenvalue weighted by Gasteiger charge is 2.29. The van der Waals surface area contributed by atoms with E-state index in [0.29, 0.717) is 6.61 Å². The first kappa shape index (κ1) is 13.6. The summed E-state index contributed by atoms with van der Waals surface area (Å²) in [5.74, 6) is 5.59. The molecule has 1 aromatic heterocycles. The Morgan fingerprint density at radius 2 is 2.31 bits per heavy atom. The quantitative estimate of drug-likeness (QED) is 0.589. The maximum atomic E-state index is 5.69. The number of hydrogen-bond acceptors (Lipinski definition) is 5. The number of nitrogens with one attached hydrogen (secondary N) is 1. The van der Waals surface area contributed by atoms with Crippen molar-refractivity contribution in [2.75, 3.05) is 6.61 Å². The minimum atomic E-state index is -0.291. The van der Waals surface area contributed by atoms with Gasteiger partial charge in [0.05, 0.1) is 22.3 Å². The molecule has 0 fully saturated rings. The summed E-state index contributed by atoms with van der Waals surface area (Å²) in [5, 5.41) is 3.15. The lowest BCUT2D eigenvalue weighted by atomic mass is 9.95. The summed E-state index contributed by atoms with van der Waals surface area (Å²) in [5.41, 5.74) is 3.60. The second kappa shape index (κ2) is 5.72. The minimum absolute atomic E-state index is 0.0638. The van der Waals surface area contributed by atoms with Crippen molar-refractivity contribution in [3.05, 3.63) is 16.1 Å². The molecule has 0 saturated heterocycles. The van der Waals surface area contributed by atoms with E-state index in [1.807, 2.05) is 27.7 Å². The molecule has 5 heteroatoms. The van der Waals surface area contributed by atoms with E-state index in [9.17, 15) is 0 Å². The fraction of sp³-hybridized carbons (Fsp3) is 0.727. The van der Waals surface area contributed by atoms with Gasteiger partial charge >= 0.3 is 0 Å². The van der Waals surface area contributed by atoms with Crippen LogP contribution in [0.25, 0.3) is 0 Å². The molecule has 1 unspecified atom stereocenters. The predicted molar refractivity (Wildman–Crippen MR) is 67.4 cm³/mol. The number of hydrazine groups is 1. The third kappa shape index (κ3) is 3.52. The van der Waals surface area contributed by atoms with E-state index in [-0.39, 0.29) is 11.6 Å². The summed E-state index contributed by atoms with van der Waals surface area (Å²) in [6, 6.07) is 0.0638. The first-order valence-corrected chi connectivity index (χ1v) is 6.38. The number of aromatic nitrogens is 1. The van der Waals surface area contributed by atoms with Gasteiger partial charge in [0.2, 0.25) is 0 Å². The number of nitrogens with two attached hydrogens (primary N) is 1. The molecule has 0 amide bonds. The van der Waals surface area contributed by atoms with Crippen LogP contribution in [0, 0.1) is 6.92 Å². The van der Waals surface area contributed by atoms with Gasteiger partial charge in [-0.25, -0.2) is 4.98 Å². The highest BCUT2D eigenvalue weighted by molar-refractivity contribution is 7.09. The zero-order chi connectivity index (χ0) is 12.2. The normalized spacial score (nSPS) is 14.1. The maximum Gasteiger partial charge on any atom is 0.0897 e. The average molecular weight is 243 g/mol. The van der Waals surface area contributed by atoms with E-state index in [1.165, 1.54) is 0 Å². The summed E-state index contributed by atoms with van der Waals surface area (Å²) in [6.07, 6.45) is 0.786. The summed E-state index contributed by atoms with van der Waals surface area (Å²) in [4.78, 5) is 4.44. The van der Waals surface area contributed by atoms with Crippen LogP contribution < -0.4 is 11.3 Å². The molecule has 1 rings (SSSR count). The fourth-order valence-corrected chi connectivity index (χ4v) is 2.31. The summed E-state index contributed by atoms with van der Waals surface area (Å²) >= 11 is 1.66. The Labute approximate surface area is 101 Å². The van der Waals surface area contributed by atoms with Gasteiger partial charge in [-0.15, -0.1) is 11.3 Å². The molecule has 0 radical (unpaired) electrons. The van der Waals surface area contributed by atoms with Crippen molar-refractivity contribution in [2.45, 2.75) is 45.8 Å². The van der Waals surface area contributed by atoms with Crippen LogP contribution in [0.2, 0.25) is 0 Å². The molecule has 0 bridgehead atoms. The Morgan fingerprint density at radius 3 is 2.75 bits per heavy atom.